The Hall–Kier alpha value is -1.78. The van der Waals surface area contributed by atoms with E-state index in [1.54, 1.807) is 18.2 Å². The maximum atomic E-state index is 14.1. The van der Waals surface area contributed by atoms with Crippen molar-refractivity contribution in [1.82, 2.24) is 9.88 Å². The van der Waals surface area contributed by atoms with Crippen LogP contribution in [0.5, 0.6) is 0 Å². The van der Waals surface area contributed by atoms with E-state index in [4.69, 9.17) is 5.73 Å². The van der Waals surface area contributed by atoms with Gasteiger partial charge < -0.3 is 21.1 Å². The molecule has 1 amide bonds. The van der Waals surface area contributed by atoms with Crippen molar-refractivity contribution in [3.8, 4) is 0 Å². The molecule has 3 rings (SSSR count). The molecule has 1 fully saturated rings. The number of nitrogens with one attached hydrogen (secondary N) is 1. The summed E-state index contributed by atoms with van der Waals surface area (Å²) in [7, 11) is 0. The second-order valence-electron chi connectivity index (χ2n) is 6.45. The summed E-state index contributed by atoms with van der Waals surface area (Å²) < 4.78 is 14.9. The SMILES string of the molecule is CCC(N)C1(O)CN(C(=O)c2ccncc2Nc2ccc(I)cc2F)C1. The first kappa shape index (κ1) is 19.0. The van der Waals surface area contributed by atoms with E-state index in [2.05, 4.69) is 10.3 Å². The van der Waals surface area contributed by atoms with Crippen molar-refractivity contribution in [3.63, 3.8) is 0 Å². The molecular formula is C18H20FIN4O2. The number of pyridine rings is 1. The Bertz CT molecular complexity index is 827. The first-order valence-electron chi connectivity index (χ1n) is 8.27. The number of hydrogen-bond donors (Lipinski definition) is 3. The molecule has 2 heterocycles. The number of nitrogens with two attached hydrogens (primary N) is 1. The molecule has 1 saturated heterocycles. The van der Waals surface area contributed by atoms with Gasteiger partial charge in [0.15, 0.2) is 0 Å². The Kier molecular flexibility index (Phi) is 5.44. The molecule has 0 bridgehead atoms. The molecule has 1 aliphatic heterocycles. The summed E-state index contributed by atoms with van der Waals surface area (Å²) in [5.74, 6) is -0.666. The molecule has 138 valence electrons. The highest BCUT2D eigenvalue weighted by molar-refractivity contribution is 14.1. The first-order chi connectivity index (χ1) is 12.3. The highest BCUT2D eigenvalue weighted by Crippen LogP contribution is 2.30. The van der Waals surface area contributed by atoms with E-state index in [1.807, 2.05) is 29.5 Å². The lowest BCUT2D eigenvalue weighted by molar-refractivity contribution is -0.0971. The lowest BCUT2D eigenvalue weighted by Gasteiger charge is -2.49. The third-order valence-corrected chi connectivity index (χ3v) is 5.27. The minimum atomic E-state index is -1.05. The fourth-order valence-electron chi connectivity index (χ4n) is 2.96. The van der Waals surface area contributed by atoms with E-state index < -0.39 is 11.4 Å². The van der Waals surface area contributed by atoms with Gasteiger partial charge in [0, 0.05) is 15.8 Å². The Balaban J connectivity index is 1.79. The number of halogens is 2. The number of hydrogen-bond acceptors (Lipinski definition) is 5. The number of aliphatic hydroxyl groups is 1. The fraction of sp³-hybridized carbons (Fsp3) is 0.333. The van der Waals surface area contributed by atoms with Crippen LogP contribution in [0.25, 0.3) is 0 Å². The number of amides is 1. The standard InChI is InChI=1S/C18H20FIN4O2/c1-2-16(21)18(26)9-24(10-18)17(25)12-5-6-22-8-15(12)23-14-4-3-11(20)7-13(14)19/h3-8,16,23,26H,2,9-10,21H2,1H3. The zero-order valence-corrected chi connectivity index (χ0v) is 16.4. The van der Waals surface area contributed by atoms with Crippen LogP contribution in [0.4, 0.5) is 15.8 Å². The van der Waals surface area contributed by atoms with Gasteiger partial charge >= 0.3 is 0 Å². The molecule has 26 heavy (non-hydrogen) atoms. The van der Waals surface area contributed by atoms with Crippen molar-refractivity contribution in [3.05, 3.63) is 51.6 Å². The third kappa shape index (κ3) is 3.67. The minimum absolute atomic E-state index is 0.181. The number of rotatable bonds is 5. The van der Waals surface area contributed by atoms with Gasteiger partial charge in [-0.1, -0.05) is 6.92 Å². The molecule has 8 heteroatoms. The molecule has 0 radical (unpaired) electrons. The molecule has 1 unspecified atom stereocenters. The molecule has 1 aromatic heterocycles. The van der Waals surface area contributed by atoms with Crippen molar-refractivity contribution in [2.45, 2.75) is 25.0 Å². The van der Waals surface area contributed by atoms with Crippen molar-refractivity contribution in [1.29, 1.82) is 0 Å². The van der Waals surface area contributed by atoms with Crippen molar-refractivity contribution in [2.75, 3.05) is 18.4 Å². The summed E-state index contributed by atoms with van der Waals surface area (Å²) in [5, 5.41) is 13.3. The third-order valence-electron chi connectivity index (χ3n) is 4.60. The van der Waals surface area contributed by atoms with Crippen LogP contribution in [0, 0.1) is 9.39 Å². The monoisotopic (exact) mass is 470 g/mol. The number of benzene rings is 1. The van der Waals surface area contributed by atoms with E-state index in [0.717, 1.165) is 3.57 Å². The lowest BCUT2D eigenvalue weighted by Crippen LogP contribution is -2.70. The van der Waals surface area contributed by atoms with Gasteiger partial charge in [-0.15, -0.1) is 0 Å². The largest absolute Gasteiger partial charge is 0.385 e. The molecule has 2 aromatic rings. The van der Waals surface area contributed by atoms with Crippen LogP contribution in [-0.4, -0.2) is 45.6 Å². The average Bonchev–Trinajstić information content (AvgIpc) is 2.60. The Morgan fingerprint density at radius 3 is 2.85 bits per heavy atom. The van der Waals surface area contributed by atoms with Gasteiger partial charge in [0.05, 0.1) is 36.2 Å². The number of anilines is 2. The van der Waals surface area contributed by atoms with Crippen LogP contribution in [0.15, 0.2) is 36.7 Å². The Labute approximate surface area is 164 Å². The Morgan fingerprint density at radius 1 is 1.46 bits per heavy atom. The van der Waals surface area contributed by atoms with E-state index in [0.29, 0.717) is 17.7 Å². The van der Waals surface area contributed by atoms with Crippen LogP contribution in [0.1, 0.15) is 23.7 Å². The van der Waals surface area contributed by atoms with Crippen LogP contribution in [0.3, 0.4) is 0 Å². The van der Waals surface area contributed by atoms with Crippen LogP contribution >= 0.6 is 22.6 Å². The normalized spacial score (nSPS) is 16.7. The highest BCUT2D eigenvalue weighted by Gasteiger charge is 2.47. The summed E-state index contributed by atoms with van der Waals surface area (Å²) in [6.45, 7) is 2.26. The van der Waals surface area contributed by atoms with E-state index in [1.165, 1.54) is 23.4 Å². The quantitative estimate of drug-likeness (QED) is 0.585. The highest BCUT2D eigenvalue weighted by atomic mass is 127. The summed E-state index contributed by atoms with van der Waals surface area (Å²) >= 11 is 2.03. The van der Waals surface area contributed by atoms with Gasteiger partial charge in [0.2, 0.25) is 0 Å². The molecule has 1 aliphatic rings. The van der Waals surface area contributed by atoms with E-state index >= 15 is 0 Å². The zero-order chi connectivity index (χ0) is 18.9. The number of β-amino-alcohol motifs (C(OH)–C–C–N with tert-alkyl or cyclic N) is 1. The maximum Gasteiger partial charge on any atom is 0.256 e. The van der Waals surface area contributed by atoms with Crippen molar-refractivity contribution >= 4 is 39.9 Å². The maximum absolute atomic E-state index is 14.1. The second-order valence-corrected chi connectivity index (χ2v) is 7.70. The van der Waals surface area contributed by atoms with Gasteiger partial charge in [-0.25, -0.2) is 4.39 Å². The van der Waals surface area contributed by atoms with Crippen molar-refractivity contribution in [2.24, 2.45) is 5.73 Å². The van der Waals surface area contributed by atoms with E-state index in [-0.39, 0.29) is 30.7 Å². The van der Waals surface area contributed by atoms with Gasteiger partial charge in [-0.05, 0) is 53.3 Å². The number of nitrogens with zero attached hydrogens (tertiary/aromatic N) is 2. The number of carbonyl (C=O) groups is 1. The van der Waals surface area contributed by atoms with Crippen LogP contribution in [-0.2, 0) is 0 Å². The second kappa shape index (κ2) is 7.45. The number of aromatic nitrogens is 1. The smallest absolute Gasteiger partial charge is 0.256 e. The lowest BCUT2D eigenvalue weighted by atomic mass is 9.84. The molecule has 1 aromatic carbocycles. The average molecular weight is 470 g/mol. The topological polar surface area (TPSA) is 91.5 Å². The number of carbonyl (C=O) groups excluding carboxylic acids is 1. The molecular weight excluding hydrogens is 450 g/mol. The van der Waals surface area contributed by atoms with Crippen LogP contribution < -0.4 is 11.1 Å². The molecule has 6 nitrogen and oxygen atoms in total. The summed E-state index contributed by atoms with van der Waals surface area (Å²) in [6, 6.07) is 5.99. The van der Waals surface area contributed by atoms with Crippen LogP contribution in [0.2, 0.25) is 0 Å². The van der Waals surface area contributed by atoms with Gasteiger partial charge in [0.1, 0.15) is 11.4 Å². The van der Waals surface area contributed by atoms with E-state index in [9.17, 15) is 14.3 Å². The Morgan fingerprint density at radius 2 is 2.19 bits per heavy atom. The summed E-state index contributed by atoms with van der Waals surface area (Å²) in [6.07, 6.45) is 3.62. The number of likely N-dealkylation sites (tertiary alicyclic amines) is 1. The van der Waals surface area contributed by atoms with Gasteiger partial charge in [-0.3, -0.25) is 9.78 Å². The summed E-state index contributed by atoms with van der Waals surface area (Å²) in [4.78, 5) is 18.3. The zero-order valence-electron chi connectivity index (χ0n) is 14.2. The van der Waals surface area contributed by atoms with Gasteiger partial charge in [0.25, 0.3) is 5.91 Å². The molecule has 0 aliphatic carbocycles. The predicted molar refractivity (Wildman–Crippen MR) is 106 cm³/mol. The molecule has 4 N–H and O–H groups in total. The molecule has 0 spiro atoms. The molecule has 1 atom stereocenters. The van der Waals surface area contributed by atoms with Crippen molar-refractivity contribution < 1.29 is 14.3 Å². The first-order valence-corrected chi connectivity index (χ1v) is 9.35. The summed E-state index contributed by atoms with van der Waals surface area (Å²) in [5.41, 5.74) is 5.91. The predicted octanol–water partition coefficient (Wildman–Crippen LogP) is 2.49. The fourth-order valence-corrected chi connectivity index (χ4v) is 3.41. The van der Waals surface area contributed by atoms with Gasteiger partial charge in [-0.2, -0.15) is 0 Å². The molecule has 0 saturated carbocycles. The minimum Gasteiger partial charge on any atom is -0.385 e.